The van der Waals surface area contributed by atoms with E-state index >= 15 is 0 Å². The molecule has 0 spiro atoms. The molecule has 0 aliphatic heterocycles. The van der Waals surface area contributed by atoms with E-state index in [0.29, 0.717) is 29.3 Å². The number of benzene rings is 1. The number of hydrogen-bond acceptors (Lipinski definition) is 5. The van der Waals surface area contributed by atoms with Crippen LogP contribution in [0.5, 0.6) is 0 Å². The molecule has 2 aromatic heterocycles. The zero-order chi connectivity index (χ0) is 21.0. The van der Waals surface area contributed by atoms with Gasteiger partial charge in [-0.15, -0.1) is 12.4 Å². The Hall–Kier alpha value is -3.32. The Kier molecular flexibility index (Phi) is 7.60. The summed E-state index contributed by atoms with van der Waals surface area (Å²) in [5.41, 5.74) is 12.2. The lowest BCUT2D eigenvalue weighted by Gasteiger charge is -2.20. The van der Waals surface area contributed by atoms with E-state index in [1.54, 1.807) is 32.3 Å². The maximum absolute atomic E-state index is 12.9. The van der Waals surface area contributed by atoms with E-state index in [0.717, 1.165) is 11.1 Å². The van der Waals surface area contributed by atoms with Gasteiger partial charge in [0.15, 0.2) is 0 Å². The summed E-state index contributed by atoms with van der Waals surface area (Å²) in [6.45, 7) is 4.14. The van der Waals surface area contributed by atoms with Gasteiger partial charge in [-0.3, -0.25) is 9.59 Å². The molecule has 0 radical (unpaired) electrons. The Labute approximate surface area is 181 Å². The van der Waals surface area contributed by atoms with Crippen molar-refractivity contribution in [2.45, 2.75) is 26.8 Å². The van der Waals surface area contributed by atoms with Crippen LogP contribution in [0.2, 0.25) is 0 Å². The molecule has 0 bridgehead atoms. The topological polar surface area (TPSA) is 93.2 Å². The zero-order valence-corrected chi connectivity index (χ0v) is 18.1. The van der Waals surface area contributed by atoms with Gasteiger partial charge in [-0.25, -0.2) is 9.66 Å². The van der Waals surface area contributed by atoms with Crippen molar-refractivity contribution in [3.63, 3.8) is 0 Å². The fourth-order valence-electron chi connectivity index (χ4n) is 3.11. The van der Waals surface area contributed by atoms with E-state index in [1.807, 2.05) is 43.3 Å². The second kappa shape index (κ2) is 9.93. The Morgan fingerprint density at radius 3 is 2.50 bits per heavy atom. The first kappa shape index (κ1) is 23.0. The molecular weight excluding hydrogens is 402 g/mol. The first-order valence-electron chi connectivity index (χ1n) is 9.35. The van der Waals surface area contributed by atoms with Crippen molar-refractivity contribution in [1.29, 1.82) is 0 Å². The fourth-order valence-corrected chi connectivity index (χ4v) is 3.11. The van der Waals surface area contributed by atoms with Crippen molar-refractivity contribution in [3.05, 3.63) is 87.5 Å². The molecule has 2 heterocycles. The number of aryl methyl sites for hydroxylation is 2. The number of pyridine rings is 2. The molecular formula is C22H26ClN5O2. The van der Waals surface area contributed by atoms with E-state index < -0.39 is 0 Å². The number of anilines is 2. The number of hydrogen-bond donors (Lipinski definition) is 2. The number of aromatic nitrogens is 2. The molecule has 0 fully saturated rings. The van der Waals surface area contributed by atoms with Crippen LogP contribution in [0.1, 0.15) is 22.4 Å². The normalized spacial score (nSPS) is 10.2. The van der Waals surface area contributed by atoms with Gasteiger partial charge in [-0.1, -0.05) is 30.3 Å². The summed E-state index contributed by atoms with van der Waals surface area (Å²) < 4.78 is 1.43. The molecule has 0 saturated heterocycles. The van der Waals surface area contributed by atoms with Crippen LogP contribution >= 0.6 is 12.4 Å². The number of rotatable bonds is 6. The lowest BCUT2D eigenvalue weighted by molar-refractivity contribution is -0.117. The Bertz CT molecular complexity index is 1080. The third-order valence-corrected chi connectivity index (χ3v) is 4.87. The number of carbonyl (C=O) groups is 1. The molecule has 30 heavy (non-hydrogen) atoms. The minimum atomic E-state index is -0.227. The second-order valence-corrected chi connectivity index (χ2v) is 6.94. The number of likely N-dealkylation sites (N-methyl/N-ethyl adjacent to an activating group) is 1. The maximum Gasteiger partial charge on any atom is 0.272 e. The fraction of sp³-hybridized carbons (Fsp3) is 0.227. The quantitative estimate of drug-likeness (QED) is 0.631. The van der Waals surface area contributed by atoms with E-state index in [-0.39, 0.29) is 30.3 Å². The van der Waals surface area contributed by atoms with Crippen LogP contribution in [0, 0.1) is 13.8 Å². The molecule has 0 saturated carbocycles. The third kappa shape index (κ3) is 5.18. The van der Waals surface area contributed by atoms with Gasteiger partial charge >= 0.3 is 0 Å². The van der Waals surface area contributed by atoms with Crippen LogP contribution in [0.3, 0.4) is 0 Å². The first-order chi connectivity index (χ1) is 13.9. The molecule has 3 aromatic rings. The van der Waals surface area contributed by atoms with Crippen LogP contribution in [0.25, 0.3) is 0 Å². The molecule has 0 unspecified atom stereocenters. The molecule has 0 aliphatic carbocycles. The predicted octanol–water partition coefficient (Wildman–Crippen LogP) is 2.81. The first-order valence-corrected chi connectivity index (χ1v) is 9.35. The van der Waals surface area contributed by atoms with Gasteiger partial charge in [0.1, 0.15) is 5.82 Å². The number of nitrogens with one attached hydrogen (secondary N) is 1. The lowest BCUT2D eigenvalue weighted by atomic mass is 10.1. The molecule has 1 amide bonds. The summed E-state index contributed by atoms with van der Waals surface area (Å²) in [6.07, 6.45) is 1.69. The monoisotopic (exact) mass is 427 g/mol. The van der Waals surface area contributed by atoms with Gasteiger partial charge in [0, 0.05) is 18.8 Å². The van der Waals surface area contributed by atoms with Crippen molar-refractivity contribution in [1.82, 2.24) is 9.66 Å². The van der Waals surface area contributed by atoms with Crippen molar-refractivity contribution < 1.29 is 4.79 Å². The molecule has 0 atom stereocenters. The summed E-state index contributed by atoms with van der Waals surface area (Å²) in [7, 11) is 1.67. The van der Waals surface area contributed by atoms with Gasteiger partial charge in [0.2, 0.25) is 5.91 Å². The number of halogens is 1. The Balaban J connectivity index is 0.00000320. The van der Waals surface area contributed by atoms with Gasteiger partial charge in [0.25, 0.3) is 5.56 Å². The zero-order valence-electron chi connectivity index (χ0n) is 17.3. The van der Waals surface area contributed by atoms with Crippen LogP contribution < -0.4 is 21.6 Å². The number of carbonyl (C=O) groups excluding carboxylic acids is 1. The number of nitrogens with two attached hydrogens (primary N) is 1. The van der Waals surface area contributed by atoms with E-state index in [1.165, 1.54) is 9.58 Å². The maximum atomic E-state index is 12.9. The summed E-state index contributed by atoms with van der Waals surface area (Å²) >= 11 is 0. The summed E-state index contributed by atoms with van der Waals surface area (Å²) in [5.74, 6) is 0.207. The second-order valence-electron chi connectivity index (χ2n) is 6.94. The molecule has 0 aliphatic rings. The molecule has 158 valence electrons. The average molecular weight is 428 g/mol. The minimum Gasteiger partial charge on any atom is -0.384 e. The molecule has 8 heteroatoms. The van der Waals surface area contributed by atoms with Crippen molar-refractivity contribution in [3.8, 4) is 0 Å². The van der Waals surface area contributed by atoms with Gasteiger partial charge in [-0.05, 0) is 43.2 Å². The highest BCUT2D eigenvalue weighted by Gasteiger charge is 2.18. The Morgan fingerprint density at radius 2 is 1.83 bits per heavy atom. The largest absolute Gasteiger partial charge is 0.384 e. The summed E-state index contributed by atoms with van der Waals surface area (Å²) in [4.78, 5) is 31.5. The van der Waals surface area contributed by atoms with Gasteiger partial charge in [-0.2, -0.15) is 0 Å². The standard InChI is InChI=1S/C22H25N5O2.ClH/c1-15-11-12-27(24-14-17-7-5-4-6-8-17)22(29)18(15)13-21(28)26(3)19-9-10-20(23)25-16(19)2;/h4-12,24H,13-14H2,1-3H3,(H2,23,25);1H. The summed E-state index contributed by atoms with van der Waals surface area (Å²) in [6, 6.07) is 15.0. The molecule has 7 nitrogen and oxygen atoms in total. The lowest BCUT2D eigenvalue weighted by Crippen LogP contribution is -2.35. The minimum absolute atomic E-state index is 0. The van der Waals surface area contributed by atoms with Crippen molar-refractivity contribution in [2.24, 2.45) is 0 Å². The highest BCUT2D eigenvalue weighted by Crippen LogP contribution is 2.19. The number of nitrogens with zero attached hydrogens (tertiary/aromatic N) is 3. The molecule has 3 N–H and O–H groups in total. The van der Waals surface area contributed by atoms with Crippen LogP contribution in [-0.4, -0.2) is 22.6 Å². The highest BCUT2D eigenvalue weighted by molar-refractivity contribution is 5.94. The van der Waals surface area contributed by atoms with Crippen molar-refractivity contribution in [2.75, 3.05) is 23.1 Å². The van der Waals surface area contributed by atoms with E-state index in [9.17, 15) is 9.59 Å². The van der Waals surface area contributed by atoms with Crippen LogP contribution in [0.4, 0.5) is 11.5 Å². The molecule has 3 rings (SSSR count). The van der Waals surface area contributed by atoms with E-state index in [4.69, 9.17) is 5.73 Å². The van der Waals surface area contributed by atoms with E-state index in [2.05, 4.69) is 10.4 Å². The van der Waals surface area contributed by atoms with Gasteiger partial charge in [0.05, 0.1) is 24.3 Å². The van der Waals surface area contributed by atoms with Crippen LogP contribution in [0.15, 0.2) is 59.5 Å². The highest BCUT2D eigenvalue weighted by atomic mass is 35.5. The number of amides is 1. The predicted molar refractivity (Wildman–Crippen MR) is 123 cm³/mol. The van der Waals surface area contributed by atoms with Crippen molar-refractivity contribution >= 4 is 29.8 Å². The van der Waals surface area contributed by atoms with Crippen LogP contribution in [-0.2, 0) is 17.8 Å². The third-order valence-electron chi connectivity index (χ3n) is 4.87. The SMILES string of the molecule is Cc1ccn(NCc2ccccc2)c(=O)c1CC(=O)N(C)c1ccc(N)nc1C.Cl. The van der Waals surface area contributed by atoms with Gasteiger partial charge < -0.3 is 16.1 Å². The molecule has 1 aromatic carbocycles. The number of nitrogen functional groups attached to an aromatic ring is 1. The summed E-state index contributed by atoms with van der Waals surface area (Å²) in [5, 5.41) is 0. The smallest absolute Gasteiger partial charge is 0.272 e. The Morgan fingerprint density at radius 1 is 1.13 bits per heavy atom. The average Bonchev–Trinajstić information content (AvgIpc) is 2.70.